The van der Waals surface area contributed by atoms with Gasteiger partial charge in [0.2, 0.25) is 10.0 Å². The zero-order chi connectivity index (χ0) is 19.5. The van der Waals surface area contributed by atoms with Crippen LogP contribution in [0, 0.1) is 0 Å². The Morgan fingerprint density at radius 3 is 2.23 bits per heavy atom. The molecule has 0 saturated carbocycles. The van der Waals surface area contributed by atoms with Gasteiger partial charge in [-0.1, -0.05) is 48.7 Å². The van der Waals surface area contributed by atoms with E-state index in [-0.39, 0.29) is 15.5 Å². The van der Waals surface area contributed by atoms with Crippen molar-refractivity contribution in [2.75, 3.05) is 18.4 Å². The first-order valence-electron chi connectivity index (χ1n) is 7.76. The van der Waals surface area contributed by atoms with E-state index in [4.69, 9.17) is 34.8 Å². The van der Waals surface area contributed by atoms with E-state index in [9.17, 15) is 13.2 Å². The fourth-order valence-electron chi connectivity index (χ4n) is 2.33. The molecule has 1 amide bonds. The van der Waals surface area contributed by atoms with Crippen molar-refractivity contribution >= 4 is 56.4 Å². The number of nitrogens with zero attached hydrogens (tertiary/aromatic N) is 1. The molecule has 5 nitrogen and oxygen atoms in total. The summed E-state index contributed by atoms with van der Waals surface area (Å²) in [5.74, 6) is -0.587. The Labute approximate surface area is 167 Å². The molecular formula is C17H17Cl3N2O3S. The minimum atomic E-state index is -3.71. The predicted molar refractivity (Wildman–Crippen MR) is 106 cm³/mol. The van der Waals surface area contributed by atoms with Crippen LogP contribution in [0.2, 0.25) is 15.1 Å². The van der Waals surface area contributed by atoms with Gasteiger partial charge in [0.05, 0.1) is 26.2 Å². The van der Waals surface area contributed by atoms with Crippen molar-refractivity contribution in [3.63, 3.8) is 0 Å². The summed E-state index contributed by atoms with van der Waals surface area (Å²) in [7, 11) is -3.71. The number of carbonyl (C=O) groups excluding carboxylic acids is 1. The van der Waals surface area contributed by atoms with E-state index in [1.807, 2.05) is 0 Å². The molecule has 0 atom stereocenters. The highest BCUT2D eigenvalue weighted by atomic mass is 35.5. The molecule has 0 fully saturated rings. The highest BCUT2D eigenvalue weighted by Gasteiger charge is 2.24. The lowest BCUT2D eigenvalue weighted by Gasteiger charge is -2.19. The standard InChI is InChI=1S/C17H17Cl3N2O3S/c1-3-22(4-2)26(24,25)12-6-8-14(19)13(10-12)17(23)21-16-9-11(18)5-7-15(16)20/h5-10H,3-4H2,1-2H3,(H,21,23). The second kappa shape index (κ2) is 8.59. The third kappa shape index (κ3) is 4.50. The zero-order valence-corrected chi connectivity index (χ0v) is 17.2. The lowest BCUT2D eigenvalue weighted by molar-refractivity contribution is 0.102. The number of carbonyl (C=O) groups is 1. The first-order chi connectivity index (χ1) is 12.2. The van der Waals surface area contributed by atoms with E-state index >= 15 is 0 Å². The summed E-state index contributed by atoms with van der Waals surface area (Å²) in [5.41, 5.74) is 0.327. The van der Waals surface area contributed by atoms with E-state index in [0.29, 0.717) is 28.8 Å². The molecule has 0 aromatic heterocycles. The quantitative estimate of drug-likeness (QED) is 0.699. The van der Waals surface area contributed by atoms with Gasteiger partial charge in [-0.2, -0.15) is 4.31 Å². The smallest absolute Gasteiger partial charge is 0.257 e. The molecule has 0 heterocycles. The second-order valence-corrected chi connectivity index (χ2v) is 8.50. The molecule has 0 radical (unpaired) electrons. The summed E-state index contributed by atoms with van der Waals surface area (Å²) in [6.07, 6.45) is 0. The van der Waals surface area contributed by atoms with Crippen LogP contribution in [-0.4, -0.2) is 31.7 Å². The van der Waals surface area contributed by atoms with E-state index in [2.05, 4.69) is 5.32 Å². The van der Waals surface area contributed by atoms with Gasteiger partial charge < -0.3 is 5.32 Å². The number of hydrogen-bond donors (Lipinski definition) is 1. The van der Waals surface area contributed by atoms with Gasteiger partial charge >= 0.3 is 0 Å². The number of sulfonamides is 1. The van der Waals surface area contributed by atoms with Crippen LogP contribution in [0.15, 0.2) is 41.3 Å². The van der Waals surface area contributed by atoms with Crippen molar-refractivity contribution in [1.82, 2.24) is 4.31 Å². The molecule has 0 saturated heterocycles. The Bertz CT molecular complexity index is 929. The summed E-state index contributed by atoms with van der Waals surface area (Å²) in [4.78, 5) is 12.6. The predicted octanol–water partition coefficient (Wildman–Crippen LogP) is 4.93. The highest BCUT2D eigenvalue weighted by molar-refractivity contribution is 7.89. The Morgan fingerprint density at radius 2 is 1.62 bits per heavy atom. The third-order valence-electron chi connectivity index (χ3n) is 3.70. The van der Waals surface area contributed by atoms with Crippen LogP contribution in [-0.2, 0) is 10.0 Å². The first-order valence-corrected chi connectivity index (χ1v) is 10.3. The summed E-state index contributed by atoms with van der Waals surface area (Å²) in [5, 5.41) is 3.41. The van der Waals surface area contributed by atoms with Crippen LogP contribution in [0.5, 0.6) is 0 Å². The van der Waals surface area contributed by atoms with Crippen LogP contribution < -0.4 is 5.32 Å². The molecule has 0 aliphatic heterocycles. The second-order valence-electron chi connectivity index (χ2n) is 5.31. The molecule has 2 aromatic rings. The van der Waals surface area contributed by atoms with Crippen molar-refractivity contribution in [3.05, 3.63) is 57.0 Å². The number of rotatable bonds is 6. The number of benzene rings is 2. The number of hydrogen-bond acceptors (Lipinski definition) is 3. The normalized spacial score (nSPS) is 11.6. The molecule has 140 valence electrons. The van der Waals surface area contributed by atoms with Gasteiger partial charge in [0.25, 0.3) is 5.91 Å². The molecule has 0 aliphatic rings. The minimum Gasteiger partial charge on any atom is -0.321 e. The first kappa shape index (κ1) is 21.0. The highest BCUT2D eigenvalue weighted by Crippen LogP contribution is 2.28. The maximum atomic E-state index is 12.7. The Morgan fingerprint density at radius 1 is 1.00 bits per heavy atom. The average Bonchev–Trinajstić information content (AvgIpc) is 2.59. The number of nitrogens with one attached hydrogen (secondary N) is 1. The molecule has 2 rings (SSSR count). The largest absolute Gasteiger partial charge is 0.321 e. The van der Waals surface area contributed by atoms with Gasteiger partial charge in [0.1, 0.15) is 0 Å². The van der Waals surface area contributed by atoms with E-state index in [0.717, 1.165) is 0 Å². The van der Waals surface area contributed by atoms with Gasteiger partial charge in [-0.05, 0) is 36.4 Å². The SMILES string of the molecule is CCN(CC)S(=O)(=O)c1ccc(Cl)c(C(=O)Nc2cc(Cl)ccc2Cl)c1. The van der Waals surface area contributed by atoms with Crippen LogP contribution in [0.25, 0.3) is 0 Å². The summed E-state index contributed by atoms with van der Waals surface area (Å²) in [6, 6.07) is 8.63. The lowest BCUT2D eigenvalue weighted by Crippen LogP contribution is -2.30. The summed E-state index contributed by atoms with van der Waals surface area (Å²) in [6.45, 7) is 4.12. The summed E-state index contributed by atoms with van der Waals surface area (Å²) >= 11 is 18.0. The fourth-order valence-corrected chi connectivity index (χ4v) is 4.36. The van der Waals surface area contributed by atoms with Crippen LogP contribution in [0.1, 0.15) is 24.2 Å². The van der Waals surface area contributed by atoms with E-state index < -0.39 is 15.9 Å². The molecule has 2 aromatic carbocycles. The molecule has 1 N–H and O–H groups in total. The molecule has 0 aliphatic carbocycles. The summed E-state index contributed by atoms with van der Waals surface area (Å²) < 4.78 is 26.6. The van der Waals surface area contributed by atoms with Gasteiger partial charge in [-0.15, -0.1) is 0 Å². The average molecular weight is 436 g/mol. The van der Waals surface area contributed by atoms with E-state index in [1.54, 1.807) is 26.0 Å². The van der Waals surface area contributed by atoms with Crippen LogP contribution in [0.3, 0.4) is 0 Å². The molecular weight excluding hydrogens is 419 g/mol. The van der Waals surface area contributed by atoms with Gasteiger partial charge in [0, 0.05) is 18.1 Å². The Balaban J connectivity index is 2.41. The van der Waals surface area contributed by atoms with Crippen molar-refractivity contribution in [1.29, 1.82) is 0 Å². The number of amides is 1. The Hall–Kier alpha value is -1.31. The van der Waals surface area contributed by atoms with Gasteiger partial charge in [-0.3, -0.25) is 4.79 Å². The van der Waals surface area contributed by atoms with Crippen LogP contribution >= 0.6 is 34.8 Å². The van der Waals surface area contributed by atoms with Crippen molar-refractivity contribution < 1.29 is 13.2 Å². The topological polar surface area (TPSA) is 66.5 Å². The number of anilines is 1. The van der Waals surface area contributed by atoms with Crippen LogP contribution in [0.4, 0.5) is 5.69 Å². The van der Waals surface area contributed by atoms with Crippen molar-refractivity contribution in [2.24, 2.45) is 0 Å². The maximum absolute atomic E-state index is 12.7. The maximum Gasteiger partial charge on any atom is 0.257 e. The molecule has 26 heavy (non-hydrogen) atoms. The lowest BCUT2D eigenvalue weighted by atomic mass is 10.2. The fraction of sp³-hybridized carbons (Fsp3) is 0.235. The molecule has 9 heteroatoms. The molecule has 0 bridgehead atoms. The monoisotopic (exact) mass is 434 g/mol. The Kier molecular flexibility index (Phi) is 6.93. The van der Waals surface area contributed by atoms with E-state index in [1.165, 1.54) is 28.6 Å². The third-order valence-corrected chi connectivity index (χ3v) is 6.64. The zero-order valence-electron chi connectivity index (χ0n) is 14.1. The van der Waals surface area contributed by atoms with Crippen molar-refractivity contribution in [3.8, 4) is 0 Å². The van der Waals surface area contributed by atoms with Crippen molar-refractivity contribution in [2.45, 2.75) is 18.7 Å². The number of halogens is 3. The molecule has 0 spiro atoms. The minimum absolute atomic E-state index is 0.00654. The molecule has 0 unspecified atom stereocenters. The van der Waals surface area contributed by atoms with Gasteiger partial charge in [0.15, 0.2) is 0 Å². The van der Waals surface area contributed by atoms with Gasteiger partial charge in [-0.25, -0.2) is 8.42 Å².